The maximum atomic E-state index is 13.3. The highest BCUT2D eigenvalue weighted by atomic mass is 32.1. The Kier molecular flexibility index (Phi) is 5.70. The number of ether oxygens (including phenoxy) is 1. The average molecular weight is 477 g/mol. The number of carbonyl (C=O) groups excluding carboxylic acids is 1. The lowest BCUT2D eigenvalue weighted by atomic mass is 10.1. The number of benzene rings is 1. The molecule has 7 nitrogen and oxygen atoms in total. The Bertz CT molecular complexity index is 1460. The molecule has 33 heavy (non-hydrogen) atoms. The molecule has 0 fully saturated rings. The number of rotatable bonds is 6. The number of hydrogen-bond acceptors (Lipinski definition) is 7. The minimum atomic E-state index is -0.354. The van der Waals surface area contributed by atoms with E-state index in [0.717, 1.165) is 41.7 Å². The van der Waals surface area contributed by atoms with Crippen molar-refractivity contribution in [2.24, 2.45) is 0 Å². The molecule has 1 N–H and O–H groups in total. The lowest BCUT2D eigenvalue weighted by Gasteiger charge is -2.08. The highest BCUT2D eigenvalue weighted by Crippen LogP contribution is 2.38. The van der Waals surface area contributed by atoms with Crippen molar-refractivity contribution in [3.05, 3.63) is 62.3 Å². The number of amides is 1. The SMILES string of the molecule is CCOc1ccc(-c2csc3ncn(CC(=O)Nc4sc5c(c4C#N)CCC5)c(=O)c23)cc1. The Morgan fingerprint density at radius 1 is 1.30 bits per heavy atom. The largest absolute Gasteiger partial charge is 0.494 e. The van der Waals surface area contributed by atoms with Crippen LogP contribution in [0.1, 0.15) is 29.3 Å². The molecule has 0 aliphatic heterocycles. The van der Waals surface area contributed by atoms with Crippen LogP contribution in [-0.4, -0.2) is 22.1 Å². The number of nitrogens with one attached hydrogen (secondary N) is 1. The number of nitriles is 1. The first-order chi connectivity index (χ1) is 16.1. The second-order valence-electron chi connectivity index (χ2n) is 7.69. The molecule has 1 aromatic carbocycles. The van der Waals surface area contributed by atoms with Crippen LogP contribution >= 0.6 is 22.7 Å². The summed E-state index contributed by atoms with van der Waals surface area (Å²) in [5.41, 5.74) is 3.01. The van der Waals surface area contributed by atoms with Crippen LogP contribution in [0.15, 0.2) is 40.8 Å². The number of fused-ring (bicyclic) bond motifs is 2. The molecule has 3 heterocycles. The molecule has 1 aliphatic carbocycles. The zero-order chi connectivity index (χ0) is 22.9. The normalized spacial score (nSPS) is 12.5. The maximum Gasteiger partial charge on any atom is 0.263 e. The fraction of sp³-hybridized carbons (Fsp3) is 0.250. The van der Waals surface area contributed by atoms with E-state index in [1.807, 2.05) is 36.6 Å². The van der Waals surface area contributed by atoms with Crippen molar-refractivity contribution in [2.45, 2.75) is 32.7 Å². The van der Waals surface area contributed by atoms with E-state index >= 15 is 0 Å². The van der Waals surface area contributed by atoms with Crippen molar-refractivity contribution in [1.82, 2.24) is 9.55 Å². The number of nitrogens with zero attached hydrogens (tertiary/aromatic N) is 3. The fourth-order valence-electron chi connectivity index (χ4n) is 4.12. The zero-order valence-electron chi connectivity index (χ0n) is 17.9. The average Bonchev–Trinajstić information content (AvgIpc) is 3.51. The molecular formula is C24H20N4O3S2. The van der Waals surface area contributed by atoms with Gasteiger partial charge >= 0.3 is 0 Å². The van der Waals surface area contributed by atoms with E-state index < -0.39 is 0 Å². The summed E-state index contributed by atoms with van der Waals surface area (Å²) in [4.78, 5) is 32.2. The van der Waals surface area contributed by atoms with Crippen LogP contribution in [-0.2, 0) is 24.2 Å². The molecular weight excluding hydrogens is 456 g/mol. The Morgan fingerprint density at radius 2 is 2.12 bits per heavy atom. The number of aryl methyl sites for hydroxylation is 1. The third-order valence-corrected chi connectivity index (χ3v) is 7.73. The van der Waals surface area contributed by atoms with Crippen molar-refractivity contribution in [3.63, 3.8) is 0 Å². The molecule has 0 unspecified atom stereocenters. The van der Waals surface area contributed by atoms with Gasteiger partial charge in [-0.15, -0.1) is 22.7 Å². The van der Waals surface area contributed by atoms with Crippen LogP contribution in [0.4, 0.5) is 5.00 Å². The van der Waals surface area contributed by atoms with Gasteiger partial charge in [0, 0.05) is 15.8 Å². The van der Waals surface area contributed by atoms with E-state index in [2.05, 4.69) is 16.4 Å². The van der Waals surface area contributed by atoms with E-state index in [0.29, 0.717) is 27.4 Å². The number of aromatic nitrogens is 2. The minimum Gasteiger partial charge on any atom is -0.494 e. The van der Waals surface area contributed by atoms with E-state index in [1.54, 1.807) is 0 Å². The summed E-state index contributed by atoms with van der Waals surface area (Å²) in [6, 6.07) is 9.79. The molecule has 0 atom stereocenters. The van der Waals surface area contributed by atoms with Crippen LogP contribution in [0.2, 0.25) is 0 Å². The number of thiophene rings is 2. The Hall–Kier alpha value is -3.48. The summed E-state index contributed by atoms with van der Waals surface area (Å²) < 4.78 is 6.81. The first kappa shape index (κ1) is 21.4. The molecule has 5 rings (SSSR count). The second kappa shape index (κ2) is 8.81. The lowest BCUT2D eigenvalue weighted by Crippen LogP contribution is -2.27. The molecule has 1 amide bonds. The van der Waals surface area contributed by atoms with Gasteiger partial charge in [-0.25, -0.2) is 4.98 Å². The number of anilines is 1. The van der Waals surface area contributed by atoms with Crippen LogP contribution in [0.5, 0.6) is 5.75 Å². The lowest BCUT2D eigenvalue weighted by molar-refractivity contribution is -0.116. The molecule has 0 saturated carbocycles. The summed E-state index contributed by atoms with van der Waals surface area (Å²) in [6.45, 7) is 2.34. The Morgan fingerprint density at radius 3 is 2.88 bits per heavy atom. The maximum absolute atomic E-state index is 13.3. The van der Waals surface area contributed by atoms with E-state index in [1.165, 1.54) is 38.4 Å². The van der Waals surface area contributed by atoms with Gasteiger partial charge in [0.15, 0.2) is 0 Å². The van der Waals surface area contributed by atoms with E-state index in [-0.39, 0.29) is 18.0 Å². The molecule has 3 aromatic heterocycles. The smallest absolute Gasteiger partial charge is 0.263 e. The van der Waals surface area contributed by atoms with Crippen molar-refractivity contribution in [2.75, 3.05) is 11.9 Å². The predicted molar refractivity (Wildman–Crippen MR) is 130 cm³/mol. The third-order valence-electron chi connectivity index (χ3n) is 5.64. The van der Waals surface area contributed by atoms with Crippen LogP contribution in [0.25, 0.3) is 21.3 Å². The van der Waals surface area contributed by atoms with Gasteiger partial charge in [-0.2, -0.15) is 5.26 Å². The molecule has 0 spiro atoms. The molecule has 0 bridgehead atoms. The van der Waals surface area contributed by atoms with Gasteiger partial charge in [0.05, 0.1) is 23.9 Å². The summed E-state index contributed by atoms with van der Waals surface area (Å²) in [5, 5.41) is 15.3. The van der Waals surface area contributed by atoms with Crippen LogP contribution in [0, 0.1) is 11.3 Å². The summed E-state index contributed by atoms with van der Waals surface area (Å²) in [5.74, 6) is 0.414. The van der Waals surface area contributed by atoms with Gasteiger partial charge in [0.25, 0.3) is 5.56 Å². The van der Waals surface area contributed by atoms with E-state index in [9.17, 15) is 14.9 Å². The van der Waals surface area contributed by atoms with E-state index in [4.69, 9.17) is 4.74 Å². The minimum absolute atomic E-state index is 0.173. The summed E-state index contributed by atoms with van der Waals surface area (Å²) in [7, 11) is 0. The molecule has 0 radical (unpaired) electrons. The van der Waals surface area contributed by atoms with Crippen molar-refractivity contribution in [1.29, 1.82) is 5.26 Å². The molecule has 9 heteroatoms. The van der Waals surface area contributed by atoms with Gasteiger partial charge in [0.2, 0.25) is 5.91 Å². The van der Waals surface area contributed by atoms with Crippen LogP contribution in [0.3, 0.4) is 0 Å². The van der Waals surface area contributed by atoms with Crippen molar-refractivity contribution in [3.8, 4) is 22.9 Å². The second-order valence-corrected chi connectivity index (χ2v) is 9.65. The molecule has 166 valence electrons. The standard InChI is InChI=1S/C24H20N4O3S2/c1-2-31-15-8-6-14(7-9-15)18-12-32-23-21(18)24(30)28(13-26-23)11-20(29)27-22-17(10-25)16-4-3-5-19(16)33-22/h6-9,12-13H,2-5,11H2,1H3,(H,27,29). The zero-order valence-corrected chi connectivity index (χ0v) is 19.5. The van der Waals surface area contributed by atoms with Gasteiger partial charge < -0.3 is 10.1 Å². The van der Waals surface area contributed by atoms with Crippen molar-refractivity contribution < 1.29 is 9.53 Å². The number of hydrogen-bond donors (Lipinski definition) is 1. The van der Waals surface area contributed by atoms with Gasteiger partial charge in [0.1, 0.15) is 28.2 Å². The van der Waals surface area contributed by atoms with Gasteiger partial charge in [-0.1, -0.05) is 12.1 Å². The van der Waals surface area contributed by atoms with Crippen LogP contribution < -0.4 is 15.6 Å². The summed E-state index contributed by atoms with van der Waals surface area (Å²) >= 11 is 2.85. The van der Waals surface area contributed by atoms with Gasteiger partial charge in [-0.05, 0) is 49.4 Å². The highest BCUT2D eigenvalue weighted by Gasteiger charge is 2.23. The summed E-state index contributed by atoms with van der Waals surface area (Å²) in [6.07, 6.45) is 4.26. The fourth-order valence-corrected chi connectivity index (χ4v) is 6.28. The monoisotopic (exact) mass is 476 g/mol. The molecule has 0 saturated heterocycles. The number of carbonyl (C=O) groups is 1. The molecule has 4 aromatic rings. The first-order valence-electron chi connectivity index (χ1n) is 10.6. The highest BCUT2D eigenvalue weighted by molar-refractivity contribution is 7.17. The Labute approximate surface area is 197 Å². The van der Waals surface area contributed by atoms with Crippen molar-refractivity contribution >= 4 is 43.8 Å². The molecule has 1 aliphatic rings. The first-order valence-corrected chi connectivity index (χ1v) is 12.3. The third kappa shape index (κ3) is 3.92. The quantitative estimate of drug-likeness (QED) is 0.439. The van der Waals surface area contributed by atoms with Gasteiger partial charge in [-0.3, -0.25) is 14.2 Å². The Balaban J connectivity index is 1.42. The predicted octanol–water partition coefficient (Wildman–Crippen LogP) is 4.58. The topological polar surface area (TPSA) is 97.0 Å².